The molecule has 0 aliphatic heterocycles. The van der Waals surface area contributed by atoms with E-state index in [4.69, 9.17) is 9.94 Å². The Morgan fingerprint density at radius 3 is 2.65 bits per heavy atom. The van der Waals surface area contributed by atoms with Gasteiger partial charge in [0, 0.05) is 18.2 Å². The Balaban J connectivity index is 2.41. The Morgan fingerprint density at radius 2 is 2.13 bits per heavy atom. The summed E-state index contributed by atoms with van der Waals surface area (Å²) < 4.78 is 14.8. The predicted molar refractivity (Wildman–Crippen MR) is 82.8 cm³/mol. The van der Waals surface area contributed by atoms with E-state index in [1.54, 1.807) is 29.2 Å². The van der Waals surface area contributed by atoms with Crippen molar-refractivity contribution in [3.8, 4) is 0 Å². The van der Waals surface area contributed by atoms with Crippen molar-refractivity contribution in [3.05, 3.63) is 53.6 Å². The second-order valence-electron chi connectivity index (χ2n) is 5.11. The molecule has 0 aliphatic carbocycles. The van der Waals surface area contributed by atoms with E-state index in [0.717, 1.165) is 5.56 Å². The number of aryl methyl sites for hydroxylation is 1. The quantitative estimate of drug-likeness (QED) is 0.629. The smallest absolute Gasteiger partial charge is 0.303 e. The zero-order valence-electron chi connectivity index (χ0n) is 12.9. The van der Waals surface area contributed by atoms with Crippen LogP contribution < -0.4 is 0 Å². The number of rotatable bonds is 7. The molecule has 0 saturated carbocycles. The number of halogens is 1. The lowest BCUT2D eigenvalue weighted by Gasteiger charge is -2.19. The number of oxime groups is 1. The van der Waals surface area contributed by atoms with Gasteiger partial charge in [-0.3, -0.25) is 9.48 Å². The van der Waals surface area contributed by atoms with Gasteiger partial charge in [-0.05, 0) is 31.0 Å². The highest BCUT2D eigenvalue weighted by molar-refractivity contribution is 6.03. The monoisotopic (exact) mass is 319 g/mol. The van der Waals surface area contributed by atoms with Crippen molar-refractivity contribution in [2.45, 2.75) is 25.8 Å². The normalized spacial score (nSPS) is 12.9. The van der Waals surface area contributed by atoms with Crippen LogP contribution in [0, 0.1) is 12.7 Å². The number of hydrogen-bond donors (Lipinski definition) is 1. The number of carbonyl (C=O) groups is 1. The number of aliphatic carboxylic acids is 1. The van der Waals surface area contributed by atoms with E-state index in [2.05, 4.69) is 10.3 Å². The van der Waals surface area contributed by atoms with E-state index in [1.807, 2.05) is 6.92 Å². The van der Waals surface area contributed by atoms with Crippen LogP contribution in [-0.2, 0) is 9.63 Å². The molecule has 1 N–H and O–H groups in total. The van der Waals surface area contributed by atoms with Crippen LogP contribution in [0.25, 0.3) is 0 Å². The van der Waals surface area contributed by atoms with Crippen molar-refractivity contribution in [1.29, 1.82) is 0 Å². The summed E-state index contributed by atoms with van der Waals surface area (Å²) in [4.78, 5) is 15.9. The second kappa shape index (κ2) is 7.53. The first kappa shape index (κ1) is 16.7. The fraction of sp³-hybridized carbons (Fsp3) is 0.312. The molecule has 0 spiro atoms. The Bertz CT molecular complexity index is 695. The third kappa shape index (κ3) is 4.38. The molecule has 0 bridgehead atoms. The Kier molecular flexibility index (Phi) is 5.46. The van der Waals surface area contributed by atoms with E-state index in [0.29, 0.717) is 11.3 Å². The highest BCUT2D eigenvalue weighted by atomic mass is 19.1. The van der Waals surface area contributed by atoms with Crippen LogP contribution in [0.3, 0.4) is 0 Å². The summed E-state index contributed by atoms with van der Waals surface area (Å²) in [6.07, 6.45) is 3.73. The Hall–Kier alpha value is -2.70. The van der Waals surface area contributed by atoms with Crippen LogP contribution in [0.4, 0.5) is 4.39 Å². The Morgan fingerprint density at radius 1 is 1.43 bits per heavy atom. The third-order valence-corrected chi connectivity index (χ3v) is 3.33. The standard InChI is InChI=1S/C16H18FN3O3/c1-11-9-18-20(10-11)14(7-8-15(21)22)16(19-23-2)12-3-5-13(17)6-4-12/h3-6,9-10,14H,7-8H2,1-2H3,(H,21,22). The van der Waals surface area contributed by atoms with Crippen molar-refractivity contribution in [2.75, 3.05) is 7.11 Å². The zero-order valence-corrected chi connectivity index (χ0v) is 12.9. The van der Waals surface area contributed by atoms with Gasteiger partial charge in [0.05, 0.1) is 12.2 Å². The molecule has 7 heteroatoms. The fourth-order valence-electron chi connectivity index (χ4n) is 2.28. The van der Waals surface area contributed by atoms with Gasteiger partial charge in [0.2, 0.25) is 0 Å². The molecule has 0 saturated heterocycles. The lowest BCUT2D eigenvalue weighted by molar-refractivity contribution is -0.137. The minimum atomic E-state index is -0.908. The average Bonchev–Trinajstić information content (AvgIpc) is 2.93. The molecule has 2 rings (SSSR count). The van der Waals surface area contributed by atoms with Crippen LogP contribution in [0.15, 0.2) is 41.8 Å². The maximum atomic E-state index is 13.2. The summed E-state index contributed by atoms with van der Waals surface area (Å²) in [5, 5.41) is 17.3. The first-order valence-corrected chi connectivity index (χ1v) is 7.10. The largest absolute Gasteiger partial charge is 0.481 e. The van der Waals surface area contributed by atoms with Crippen LogP contribution >= 0.6 is 0 Å². The van der Waals surface area contributed by atoms with Gasteiger partial charge in [-0.2, -0.15) is 5.10 Å². The molecule has 1 unspecified atom stereocenters. The lowest BCUT2D eigenvalue weighted by Crippen LogP contribution is -2.22. The van der Waals surface area contributed by atoms with Crippen LogP contribution in [0.2, 0.25) is 0 Å². The number of carboxylic acid groups (broad SMARTS) is 1. The van der Waals surface area contributed by atoms with Crippen molar-refractivity contribution in [3.63, 3.8) is 0 Å². The van der Waals surface area contributed by atoms with Crippen molar-refractivity contribution in [1.82, 2.24) is 9.78 Å². The summed E-state index contributed by atoms with van der Waals surface area (Å²) in [7, 11) is 1.41. The van der Waals surface area contributed by atoms with Gasteiger partial charge in [-0.1, -0.05) is 17.3 Å². The summed E-state index contributed by atoms with van der Waals surface area (Å²) in [5.41, 5.74) is 2.09. The third-order valence-electron chi connectivity index (χ3n) is 3.33. The molecular formula is C16H18FN3O3. The topological polar surface area (TPSA) is 76.7 Å². The first-order chi connectivity index (χ1) is 11.0. The maximum absolute atomic E-state index is 13.2. The summed E-state index contributed by atoms with van der Waals surface area (Å²) >= 11 is 0. The van der Waals surface area contributed by atoms with Gasteiger partial charge in [-0.15, -0.1) is 0 Å². The predicted octanol–water partition coefficient (Wildman–Crippen LogP) is 2.79. The highest BCUT2D eigenvalue weighted by Gasteiger charge is 2.23. The molecule has 1 heterocycles. The van der Waals surface area contributed by atoms with E-state index in [1.165, 1.54) is 19.2 Å². The molecule has 23 heavy (non-hydrogen) atoms. The van der Waals surface area contributed by atoms with Crippen LogP contribution in [-0.4, -0.2) is 33.7 Å². The SMILES string of the molecule is CON=C(c1ccc(F)cc1)C(CCC(=O)O)n1cc(C)cn1. The zero-order chi connectivity index (χ0) is 16.8. The first-order valence-electron chi connectivity index (χ1n) is 7.10. The van der Waals surface area contributed by atoms with E-state index < -0.39 is 12.0 Å². The second-order valence-corrected chi connectivity index (χ2v) is 5.11. The van der Waals surface area contributed by atoms with Crippen molar-refractivity contribution in [2.24, 2.45) is 5.16 Å². The molecule has 1 aromatic carbocycles. The van der Waals surface area contributed by atoms with Crippen LogP contribution in [0.1, 0.15) is 30.0 Å². The van der Waals surface area contributed by atoms with Gasteiger partial charge < -0.3 is 9.94 Å². The molecule has 2 aromatic rings. The lowest BCUT2D eigenvalue weighted by atomic mass is 9.99. The number of aromatic nitrogens is 2. The van der Waals surface area contributed by atoms with Gasteiger partial charge >= 0.3 is 5.97 Å². The molecular weight excluding hydrogens is 301 g/mol. The molecule has 1 atom stereocenters. The van der Waals surface area contributed by atoms with Gasteiger partial charge in [-0.25, -0.2) is 4.39 Å². The average molecular weight is 319 g/mol. The summed E-state index contributed by atoms with van der Waals surface area (Å²) in [6, 6.07) is 5.38. The fourth-order valence-corrected chi connectivity index (χ4v) is 2.28. The molecule has 1 aromatic heterocycles. The Labute approximate surface area is 133 Å². The van der Waals surface area contributed by atoms with Gasteiger partial charge in [0.15, 0.2) is 0 Å². The molecule has 0 aliphatic rings. The van der Waals surface area contributed by atoms with Crippen molar-refractivity contribution < 1.29 is 19.1 Å². The molecule has 6 nitrogen and oxygen atoms in total. The maximum Gasteiger partial charge on any atom is 0.303 e. The molecule has 0 amide bonds. The molecule has 0 radical (unpaired) electrons. The van der Waals surface area contributed by atoms with Gasteiger partial charge in [0.1, 0.15) is 18.6 Å². The highest BCUT2D eigenvalue weighted by Crippen LogP contribution is 2.22. The van der Waals surface area contributed by atoms with Crippen molar-refractivity contribution >= 4 is 11.7 Å². The van der Waals surface area contributed by atoms with E-state index >= 15 is 0 Å². The van der Waals surface area contributed by atoms with E-state index in [9.17, 15) is 9.18 Å². The molecule has 0 fully saturated rings. The number of benzene rings is 1. The van der Waals surface area contributed by atoms with Gasteiger partial charge in [0.25, 0.3) is 0 Å². The number of hydrogen-bond acceptors (Lipinski definition) is 4. The molecule has 122 valence electrons. The minimum Gasteiger partial charge on any atom is -0.481 e. The summed E-state index contributed by atoms with van der Waals surface area (Å²) in [5.74, 6) is -1.27. The number of carboxylic acids is 1. The van der Waals surface area contributed by atoms with Crippen LogP contribution in [0.5, 0.6) is 0 Å². The summed E-state index contributed by atoms with van der Waals surface area (Å²) in [6.45, 7) is 1.89. The number of nitrogens with zero attached hydrogens (tertiary/aromatic N) is 3. The van der Waals surface area contributed by atoms with E-state index in [-0.39, 0.29) is 18.7 Å². The minimum absolute atomic E-state index is 0.0481.